The molecule has 114 valence electrons. The minimum atomic E-state index is -1.35. The van der Waals surface area contributed by atoms with Crippen molar-refractivity contribution in [2.45, 2.75) is 38.1 Å². The molecule has 0 radical (unpaired) electrons. The lowest BCUT2D eigenvalue weighted by molar-refractivity contribution is -0.402. The molecule has 1 saturated carbocycles. The predicted molar refractivity (Wildman–Crippen MR) is 70.8 cm³/mol. The maximum Gasteiger partial charge on any atom is 0.433 e. The van der Waals surface area contributed by atoms with Gasteiger partial charge in [-0.2, -0.15) is 0 Å². The number of carboxylic acids is 1. The Bertz CT molecular complexity index is 581. The van der Waals surface area contributed by atoms with Crippen LogP contribution in [0, 0.1) is 16.0 Å². The van der Waals surface area contributed by atoms with Crippen molar-refractivity contribution in [1.82, 2.24) is 5.32 Å². The Morgan fingerprint density at radius 1 is 1.48 bits per heavy atom. The van der Waals surface area contributed by atoms with Crippen LogP contribution in [0.3, 0.4) is 0 Å². The van der Waals surface area contributed by atoms with Crippen LogP contribution in [0.5, 0.6) is 0 Å². The van der Waals surface area contributed by atoms with Crippen molar-refractivity contribution < 1.29 is 24.0 Å². The van der Waals surface area contributed by atoms with Crippen LogP contribution in [0.4, 0.5) is 5.88 Å². The number of carbonyl (C=O) groups is 2. The quantitative estimate of drug-likeness (QED) is 0.646. The molecule has 1 aliphatic carbocycles. The van der Waals surface area contributed by atoms with E-state index < -0.39 is 28.2 Å². The Kier molecular flexibility index (Phi) is 3.97. The van der Waals surface area contributed by atoms with Crippen LogP contribution in [0.25, 0.3) is 0 Å². The van der Waals surface area contributed by atoms with E-state index >= 15 is 0 Å². The molecule has 0 bridgehead atoms. The molecular weight excluding hydrogens is 280 g/mol. The Hall–Kier alpha value is -2.38. The second kappa shape index (κ2) is 5.55. The Labute approximate surface area is 120 Å². The first-order chi connectivity index (χ1) is 9.86. The van der Waals surface area contributed by atoms with Gasteiger partial charge in [0.15, 0.2) is 5.76 Å². The fraction of sp³-hybridized carbons (Fsp3) is 0.538. The van der Waals surface area contributed by atoms with E-state index in [1.807, 2.05) is 0 Å². The summed E-state index contributed by atoms with van der Waals surface area (Å²) < 4.78 is 4.80. The van der Waals surface area contributed by atoms with E-state index in [4.69, 9.17) is 4.42 Å². The zero-order valence-corrected chi connectivity index (χ0v) is 11.5. The standard InChI is InChI=1S/C13H16N2O6/c1-8-4-2-3-7-13(8,12(17)18)14-11(16)9-5-6-10(21-9)15(19)20/h5-6,8H,2-4,7H2,1H3,(H,14,16)(H,17,18). The molecule has 1 heterocycles. The third kappa shape index (κ3) is 2.74. The van der Waals surface area contributed by atoms with Crippen molar-refractivity contribution in [2.24, 2.45) is 5.92 Å². The average molecular weight is 296 g/mol. The molecule has 1 aromatic heterocycles. The minimum absolute atomic E-state index is 0.224. The number of aliphatic carboxylic acids is 1. The van der Waals surface area contributed by atoms with E-state index in [9.17, 15) is 24.8 Å². The molecule has 2 N–H and O–H groups in total. The first kappa shape index (κ1) is 15.0. The van der Waals surface area contributed by atoms with E-state index in [1.165, 1.54) is 0 Å². The molecule has 0 saturated heterocycles. The molecule has 8 heteroatoms. The van der Waals surface area contributed by atoms with Gasteiger partial charge in [0.05, 0.1) is 6.07 Å². The second-order valence-electron chi connectivity index (χ2n) is 5.27. The lowest BCUT2D eigenvalue weighted by atomic mass is 9.73. The predicted octanol–water partition coefficient (Wildman–Crippen LogP) is 1.95. The Morgan fingerprint density at radius 2 is 2.19 bits per heavy atom. The number of nitrogens with one attached hydrogen (secondary N) is 1. The van der Waals surface area contributed by atoms with Crippen LogP contribution in [-0.2, 0) is 4.79 Å². The minimum Gasteiger partial charge on any atom is -0.479 e. The number of hydrogen-bond donors (Lipinski definition) is 2. The van der Waals surface area contributed by atoms with Gasteiger partial charge in [0.1, 0.15) is 10.5 Å². The highest BCUT2D eigenvalue weighted by atomic mass is 16.6. The summed E-state index contributed by atoms with van der Waals surface area (Å²) in [6.45, 7) is 1.78. The van der Waals surface area contributed by atoms with Gasteiger partial charge < -0.3 is 14.8 Å². The number of rotatable bonds is 4. The fourth-order valence-electron chi connectivity index (χ4n) is 2.72. The first-order valence-corrected chi connectivity index (χ1v) is 6.67. The lowest BCUT2D eigenvalue weighted by Gasteiger charge is -2.39. The van der Waals surface area contributed by atoms with Crippen LogP contribution >= 0.6 is 0 Å². The van der Waals surface area contributed by atoms with Gasteiger partial charge in [-0.3, -0.25) is 14.9 Å². The summed E-state index contributed by atoms with van der Waals surface area (Å²) in [6.07, 6.45) is 2.65. The summed E-state index contributed by atoms with van der Waals surface area (Å²) in [5.74, 6) is -2.89. The molecule has 1 amide bonds. The molecule has 8 nitrogen and oxygen atoms in total. The number of carbonyl (C=O) groups excluding carboxylic acids is 1. The van der Waals surface area contributed by atoms with Crippen LogP contribution in [0.15, 0.2) is 16.5 Å². The normalized spacial score (nSPS) is 25.3. The molecular formula is C13H16N2O6. The van der Waals surface area contributed by atoms with Gasteiger partial charge in [-0.15, -0.1) is 0 Å². The van der Waals surface area contributed by atoms with Gasteiger partial charge in [-0.05, 0) is 24.8 Å². The number of furan rings is 1. The molecule has 2 unspecified atom stereocenters. The van der Waals surface area contributed by atoms with Crippen molar-refractivity contribution in [2.75, 3.05) is 0 Å². The van der Waals surface area contributed by atoms with E-state index in [-0.39, 0.29) is 11.7 Å². The summed E-state index contributed by atoms with van der Waals surface area (Å²) in [6, 6.07) is 2.23. The van der Waals surface area contributed by atoms with E-state index in [1.54, 1.807) is 6.92 Å². The maximum absolute atomic E-state index is 12.1. The molecule has 1 fully saturated rings. The van der Waals surface area contributed by atoms with Crippen molar-refractivity contribution in [3.63, 3.8) is 0 Å². The van der Waals surface area contributed by atoms with Crippen LogP contribution in [-0.4, -0.2) is 27.4 Å². The van der Waals surface area contributed by atoms with Gasteiger partial charge in [0, 0.05) is 0 Å². The molecule has 2 rings (SSSR count). The molecule has 21 heavy (non-hydrogen) atoms. The SMILES string of the molecule is CC1CCCCC1(NC(=O)c1ccc([N+](=O)[O-])o1)C(=O)O. The third-order valence-electron chi connectivity index (χ3n) is 4.01. The van der Waals surface area contributed by atoms with Crippen LogP contribution < -0.4 is 5.32 Å². The molecule has 0 aromatic carbocycles. The highest BCUT2D eigenvalue weighted by Gasteiger charge is 2.46. The molecule has 0 aliphatic heterocycles. The number of nitro groups is 1. The van der Waals surface area contributed by atoms with Gasteiger partial charge >= 0.3 is 11.9 Å². The van der Waals surface area contributed by atoms with Crippen molar-refractivity contribution in [1.29, 1.82) is 0 Å². The smallest absolute Gasteiger partial charge is 0.433 e. The van der Waals surface area contributed by atoms with Crippen molar-refractivity contribution >= 4 is 17.8 Å². The van der Waals surface area contributed by atoms with Gasteiger partial charge in [0.25, 0.3) is 5.91 Å². The summed E-state index contributed by atoms with van der Waals surface area (Å²) in [5.41, 5.74) is -1.35. The summed E-state index contributed by atoms with van der Waals surface area (Å²) in [4.78, 5) is 33.5. The van der Waals surface area contributed by atoms with E-state index in [0.717, 1.165) is 18.6 Å². The second-order valence-corrected chi connectivity index (χ2v) is 5.27. The number of hydrogen-bond acceptors (Lipinski definition) is 5. The van der Waals surface area contributed by atoms with Gasteiger partial charge in [-0.1, -0.05) is 19.8 Å². The fourth-order valence-corrected chi connectivity index (χ4v) is 2.72. The largest absolute Gasteiger partial charge is 0.479 e. The first-order valence-electron chi connectivity index (χ1n) is 6.67. The lowest BCUT2D eigenvalue weighted by Crippen LogP contribution is -2.59. The highest BCUT2D eigenvalue weighted by Crippen LogP contribution is 2.34. The molecule has 2 atom stereocenters. The summed E-state index contributed by atoms with van der Waals surface area (Å²) in [7, 11) is 0. The zero-order valence-electron chi connectivity index (χ0n) is 11.5. The molecule has 1 aliphatic rings. The van der Waals surface area contributed by atoms with E-state index in [2.05, 4.69) is 5.32 Å². The van der Waals surface area contributed by atoms with Gasteiger partial charge in [0.2, 0.25) is 0 Å². The Balaban J connectivity index is 2.22. The average Bonchev–Trinajstić information content (AvgIpc) is 2.91. The molecule has 1 aromatic rings. The topological polar surface area (TPSA) is 123 Å². The monoisotopic (exact) mass is 296 g/mol. The summed E-state index contributed by atoms with van der Waals surface area (Å²) in [5, 5.41) is 22.5. The van der Waals surface area contributed by atoms with Crippen LogP contribution in [0.1, 0.15) is 43.2 Å². The number of amides is 1. The third-order valence-corrected chi connectivity index (χ3v) is 4.01. The summed E-state index contributed by atoms with van der Waals surface area (Å²) >= 11 is 0. The van der Waals surface area contributed by atoms with Gasteiger partial charge in [-0.25, -0.2) is 4.79 Å². The maximum atomic E-state index is 12.1. The van der Waals surface area contributed by atoms with E-state index in [0.29, 0.717) is 19.3 Å². The van der Waals surface area contributed by atoms with Crippen LogP contribution in [0.2, 0.25) is 0 Å². The Morgan fingerprint density at radius 3 is 2.71 bits per heavy atom. The van der Waals surface area contributed by atoms with Crippen molar-refractivity contribution in [3.05, 3.63) is 28.0 Å². The zero-order chi connectivity index (χ0) is 15.6. The number of carboxylic acid groups (broad SMARTS) is 1. The number of nitrogens with zero attached hydrogens (tertiary/aromatic N) is 1. The molecule has 0 spiro atoms. The van der Waals surface area contributed by atoms with Crippen molar-refractivity contribution in [3.8, 4) is 0 Å². The highest BCUT2D eigenvalue weighted by molar-refractivity contribution is 5.96.